The van der Waals surface area contributed by atoms with Crippen LogP contribution in [-0.4, -0.2) is 17.4 Å². The van der Waals surface area contributed by atoms with Gasteiger partial charge in [0.1, 0.15) is 5.82 Å². The van der Waals surface area contributed by atoms with E-state index in [9.17, 15) is 4.79 Å². The number of nitrogens with two attached hydrogens (primary N) is 1. The van der Waals surface area contributed by atoms with Crippen molar-refractivity contribution in [1.82, 2.24) is 10.3 Å². The number of nitrogen functional groups attached to an aromatic ring is 1. The predicted octanol–water partition coefficient (Wildman–Crippen LogP) is 1.19. The molecule has 0 bridgehead atoms. The zero-order valence-corrected chi connectivity index (χ0v) is 8.57. The molecule has 0 spiro atoms. The van der Waals surface area contributed by atoms with Gasteiger partial charge >= 0.3 is 0 Å². The van der Waals surface area contributed by atoms with E-state index >= 15 is 0 Å². The Hall–Kier alpha value is -1.58. The Morgan fingerprint density at radius 1 is 1.53 bits per heavy atom. The molecule has 1 aliphatic carbocycles. The van der Waals surface area contributed by atoms with Gasteiger partial charge in [0.15, 0.2) is 0 Å². The van der Waals surface area contributed by atoms with E-state index in [4.69, 9.17) is 5.73 Å². The van der Waals surface area contributed by atoms with Crippen LogP contribution in [0.2, 0.25) is 0 Å². The van der Waals surface area contributed by atoms with Crippen LogP contribution in [0, 0.1) is 5.92 Å². The van der Waals surface area contributed by atoms with E-state index in [0.717, 1.165) is 6.54 Å². The first kappa shape index (κ1) is 9.96. The van der Waals surface area contributed by atoms with Crippen molar-refractivity contribution in [3.8, 4) is 0 Å². The van der Waals surface area contributed by atoms with Crippen molar-refractivity contribution in [2.24, 2.45) is 5.92 Å². The lowest BCUT2D eigenvalue weighted by Gasteiger charge is -2.25. The van der Waals surface area contributed by atoms with Crippen molar-refractivity contribution in [2.45, 2.75) is 19.3 Å². The summed E-state index contributed by atoms with van der Waals surface area (Å²) in [4.78, 5) is 15.5. The fraction of sp³-hybridized carbons (Fsp3) is 0.455. The third-order valence-electron chi connectivity index (χ3n) is 2.82. The summed E-state index contributed by atoms with van der Waals surface area (Å²) in [5, 5.41) is 2.90. The highest BCUT2D eigenvalue weighted by atomic mass is 16.1. The lowest BCUT2D eigenvalue weighted by atomic mass is 9.85. The molecule has 0 atom stereocenters. The first-order valence-corrected chi connectivity index (χ1v) is 5.25. The second-order valence-corrected chi connectivity index (χ2v) is 3.98. The average molecular weight is 205 g/mol. The summed E-state index contributed by atoms with van der Waals surface area (Å²) < 4.78 is 0. The molecule has 3 N–H and O–H groups in total. The summed E-state index contributed by atoms with van der Waals surface area (Å²) >= 11 is 0. The smallest absolute Gasteiger partial charge is 0.252 e. The minimum Gasteiger partial charge on any atom is -0.384 e. The number of aromatic nitrogens is 1. The highest BCUT2D eigenvalue weighted by Gasteiger charge is 2.18. The Labute approximate surface area is 88.9 Å². The number of anilines is 1. The molecule has 80 valence electrons. The Balaban J connectivity index is 1.86. The van der Waals surface area contributed by atoms with Gasteiger partial charge in [0.05, 0.1) is 5.56 Å². The van der Waals surface area contributed by atoms with E-state index in [0.29, 0.717) is 17.3 Å². The van der Waals surface area contributed by atoms with Gasteiger partial charge in [0, 0.05) is 12.7 Å². The summed E-state index contributed by atoms with van der Waals surface area (Å²) in [6, 6.07) is 3.33. The van der Waals surface area contributed by atoms with Crippen molar-refractivity contribution in [2.75, 3.05) is 12.3 Å². The van der Waals surface area contributed by atoms with Crippen LogP contribution in [0.5, 0.6) is 0 Å². The van der Waals surface area contributed by atoms with Crippen LogP contribution in [0.15, 0.2) is 18.3 Å². The third-order valence-corrected chi connectivity index (χ3v) is 2.82. The first-order chi connectivity index (χ1) is 7.25. The number of nitrogens with zero attached hydrogens (tertiary/aromatic N) is 1. The van der Waals surface area contributed by atoms with Crippen LogP contribution in [0.4, 0.5) is 5.82 Å². The summed E-state index contributed by atoms with van der Waals surface area (Å²) in [5.41, 5.74) is 6.01. The maximum atomic E-state index is 11.6. The van der Waals surface area contributed by atoms with E-state index in [1.54, 1.807) is 12.1 Å². The third kappa shape index (κ3) is 2.46. The molecule has 1 saturated carbocycles. The molecular weight excluding hydrogens is 190 g/mol. The van der Waals surface area contributed by atoms with Gasteiger partial charge in [-0.1, -0.05) is 6.42 Å². The normalized spacial score (nSPS) is 15.7. The Kier molecular flexibility index (Phi) is 2.85. The highest BCUT2D eigenvalue weighted by Crippen LogP contribution is 2.25. The van der Waals surface area contributed by atoms with E-state index in [1.807, 2.05) is 0 Å². The minimum atomic E-state index is -0.0607. The zero-order valence-electron chi connectivity index (χ0n) is 8.57. The molecule has 1 aromatic rings. The van der Waals surface area contributed by atoms with Gasteiger partial charge in [-0.05, 0) is 30.9 Å². The molecule has 2 rings (SSSR count). The Morgan fingerprint density at radius 2 is 2.33 bits per heavy atom. The number of hydrogen-bond acceptors (Lipinski definition) is 3. The number of hydrogen-bond donors (Lipinski definition) is 2. The molecule has 0 aromatic carbocycles. The van der Waals surface area contributed by atoms with Gasteiger partial charge in [0.2, 0.25) is 0 Å². The fourth-order valence-corrected chi connectivity index (χ4v) is 1.58. The maximum absolute atomic E-state index is 11.6. The second-order valence-electron chi connectivity index (χ2n) is 3.98. The number of pyridine rings is 1. The Bertz CT molecular complexity index is 343. The number of rotatable bonds is 3. The quantitative estimate of drug-likeness (QED) is 0.779. The molecule has 1 amide bonds. The van der Waals surface area contributed by atoms with Gasteiger partial charge in [-0.3, -0.25) is 4.79 Å². The monoisotopic (exact) mass is 205 g/mol. The maximum Gasteiger partial charge on any atom is 0.252 e. The largest absolute Gasteiger partial charge is 0.384 e. The standard InChI is InChI=1S/C11H15N3O/c12-10-5-4-9(7-13-10)11(15)14-6-8-2-1-3-8/h4-5,7-8H,1-3,6H2,(H2,12,13)(H,14,15). The van der Waals surface area contributed by atoms with Crippen LogP contribution in [0.25, 0.3) is 0 Å². The molecule has 4 heteroatoms. The molecule has 1 fully saturated rings. The zero-order chi connectivity index (χ0) is 10.7. The topological polar surface area (TPSA) is 68.0 Å². The average Bonchev–Trinajstić information content (AvgIpc) is 2.16. The van der Waals surface area contributed by atoms with Crippen molar-refractivity contribution in [3.05, 3.63) is 23.9 Å². The summed E-state index contributed by atoms with van der Waals surface area (Å²) in [7, 11) is 0. The van der Waals surface area contributed by atoms with Crippen LogP contribution in [-0.2, 0) is 0 Å². The van der Waals surface area contributed by atoms with E-state index in [1.165, 1.54) is 25.5 Å². The van der Waals surface area contributed by atoms with E-state index < -0.39 is 0 Å². The van der Waals surface area contributed by atoms with Gasteiger partial charge in [-0.15, -0.1) is 0 Å². The van der Waals surface area contributed by atoms with Crippen LogP contribution in [0.1, 0.15) is 29.6 Å². The number of nitrogens with one attached hydrogen (secondary N) is 1. The number of carbonyl (C=O) groups is 1. The predicted molar refractivity (Wildman–Crippen MR) is 58.3 cm³/mol. The van der Waals surface area contributed by atoms with Gasteiger partial charge in [-0.2, -0.15) is 0 Å². The van der Waals surface area contributed by atoms with Crippen LogP contribution < -0.4 is 11.1 Å². The lowest BCUT2D eigenvalue weighted by Crippen LogP contribution is -2.32. The van der Waals surface area contributed by atoms with Gasteiger partial charge in [-0.25, -0.2) is 4.98 Å². The van der Waals surface area contributed by atoms with Crippen molar-refractivity contribution in [3.63, 3.8) is 0 Å². The summed E-state index contributed by atoms with van der Waals surface area (Å²) in [6.45, 7) is 0.781. The number of carbonyl (C=O) groups excluding carboxylic acids is 1. The molecule has 0 saturated heterocycles. The van der Waals surface area contributed by atoms with Crippen LogP contribution in [0.3, 0.4) is 0 Å². The summed E-state index contributed by atoms with van der Waals surface area (Å²) in [6.07, 6.45) is 5.27. The molecule has 0 aliphatic heterocycles. The number of amides is 1. The second kappa shape index (κ2) is 4.29. The van der Waals surface area contributed by atoms with E-state index in [-0.39, 0.29) is 5.91 Å². The molecule has 1 heterocycles. The molecule has 1 aliphatic rings. The Morgan fingerprint density at radius 3 is 2.87 bits per heavy atom. The molecule has 15 heavy (non-hydrogen) atoms. The van der Waals surface area contributed by atoms with Crippen molar-refractivity contribution >= 4 is 11.7 Å². The molecular formula is C11H15N3O. The molecule has 0 radical (unpaired) electrons. The van der Waals surface area contributed by atoms with Gasteiger partial charge < -0.3 is 11.1 Å². The lowest BCUT2D eigenvalue weighted by molar-refractivity contribution is 0.0939. The van der Waals surface area contributed by atoms with Crippen molar-refractivity contribution in [1.29, 1.82) is 0 Å². The molecule has 4 nitrogen and oxygen atoms in total. The van der Waals surface area contributed by atoms with Crippen LogP contribution >= 0.6 is 0 Å². The van der Waals surface area contributed by atoms with E-state index in [2.05, 4.69) is 10.3 Å². The minimum absolute atomic E-state index is 0.0607. The summed E-state index contributed by atoms with van der Waals surface area (Å²) in [5.74, 6) is 1.05. The highest BCUT2D eigenvalue weighted by molar-refractivity contribution is 5.93. The SMILES string of the molecule is Nc1ccc(C(=O)NCC2CCC2)cn1. The molecule has 0 unspecified atom stereocenters. The first-order valence-electron chi connectivity index (χ1n) is 5.25. The fourth-order valence-electron chi connectivity index (χ4n) is 1.58. The van der Waals surface area contributed by atoms with Gasteiger partial charge in [0.25, 0.3) is 5.91 Å². The molecule has 1 aromatic heterocycles. The van der Waals surface area contributed by atoms with Crippen molar-refractivity contribution < 1.29 is 4.79 Å².